The van der Waals surface area contributed by atoms with E-state index in [9.17, 15) is 30.3 Å². The average Bonchev–Trinajstić information content (AvgIpc) is 3.27. The number of carbonyl (C=O) groups excluding carboxylic acids is 1. The molecule has 0 aromatic rings. The second kappa shape index (κ2) is 8.33. The highest BCUT2D eigenvalue weighted by molar-refractivity contribution is 5.79. The molecule has 0 aromatic heterocycles. The van der Waals surface area contributed by atoms with Gasteiger partial charge in [0.2, 0.25) is 6.29 Å². The van der Waals surface area contributed by atoms with E-state index in [0.29, 0.717) is 13.0 Å². The number of aliphatic hydroxyl groups excluding tert-OH is 5. The van der Waals surface area contributed by atoms with E-state index in [4.69, 9.17) is 18.9 Å². The highest BCUT2D eigenvalue weighted by atomic mass is 16.7. The number of fused-ring (bicyclic) bond motifs is 2. The molecule has 2 bridgehead atoms. The maximum absolute atomic E-state index is 13.0. The lowest BCUT2D eigenvalue weighted by molar-refractivity contribution is -0.335. The monoisotopic (exact) mass is 526 g/mol. The summed E-state index contributed by atoms with van der Waals surface area (Å²) in [4.78, 5) is 13.0. The predicted molar refractivity (Wildman–Crippen MR) is 127 cm³/mol. The summed E-state index contributed by atoms with van der Waals surface area (Å²) in [7, 11) is 0. The summed E-state index contributed by atoms with van der Waals surface area (Å²) in [6.07, 6.45) is -1.98. The lowest BCUT2D eigenvalue weighted by Crippen LogP contribution is -2.61. The van der Waals surface area contributed by atoms with E-state index >= 15 is 0 Å². The first kappa shape index (κ1) is 26.4. The molecule has 3 aliphatic carbocycles. The van der Waals surface area contributed by atoms with Crippen LogP contribution in [0.1, 0.15) is 65.7 Å². The molecule has 1 spiro atoms. The van der Waals surface area contributed by atoms with Gasteiger partial charge in [0, 0.05) is 11.3 Å². The van der Waals surface area contributed by atoms with Crippen molar-refractivity contribution >= 4 is 5.97 Å². The van der Waals surface area contributed by atoms with E-state index < -0.39 is 54.6 Å². The summed E-state index contributed by atoms with van der Waals surface area (Å²) < 4.78 is 24.4. The fourth-order valence-corrected chi connectivity index (χ4v) is 9.84. The Kier molecular flexibility index (Phi) is 5.94. The van der Waals surface area contributed by atoms with Gasteiger partial charge in [-0.25, -0.2) is 0 Å². The van der Waals surface area contributed by atoms with Crippen LogP contribution in [0.2, 0.25) is 0 Å². The summed E-state index contributed by atoms with van der Waals surface area (Å²) in [6, 6.07) is 0. The highest BCUT2D eigenvalue weighted by Crippen LogP contribution is 2.77. The van der Waals surface area contributed by atoms with Crippen LogP contribution in [0.4, 0.5) is 0 Å². The molecular formula is C27H42O10. The van der Waals surface area contributed by atoms with Gasteiger partial charge in [-0.2, -0.15) is 0 Å². The number of hydrogen-bond acceptors (Lipinski definition) is 10. The zero-order chi connectivity index (χ0) is 26.6. The molecule has 5 N–H and O–H groups in total. The minimum absolute atomic E-state index is 0.0411. The third-order valence-corrected chi connectivity index (χ3v) is 12.2. The van der Waals surface area contributed by atoms with E-state index in [2.05, 4.69) is 13.8 Å². The van der Waals surface area contributed by atoms with Gasteiger partial charge in [-0.15, -0.1) is 0 Å². The second-order valence-corrected chi connectivity index (χ2v) is 13.5. The summed E-state index contributed by atoms with van der Waals surface area (Å²) in [6.45, 7) is 6.18. The second-order valence-electron chi connectivity index (χ2n) is 13.5. The summed E-state index contributed by atoms with van der Waals surface area (Å²) in [5.41, 5.74) is -2.45. The topological polar surface area (TPSA) is 155 Å². The largest absolute Gasteiger partial charge is 0.435 e. The van der Waals surface area contributed by atoms with Crippen LogP contribution >= 0.6 is 0 Å². The first-order valence-electron chi connectivity index (χ1n) is 13.8. The van der Waals surface area contributed by atoms with Crippen LogP contribution in [0.3, 0.4) is 0 Å². The van der Waals surface area contributed by atoms with E-state index in [1.54, 1.807) is 0 Å². The van der Waals surface area contributed by atoms with Crippen molar-refractivity contribution in [2.45, 2.75) is 108 Å². The first-order chi connectivity index (χ1) is 17.4. The fraction of sp³-hybridized carbons (Fsp3) is 0.963. The quantitative estimate of drug-likeness (QED) is 0.326. The van der Waals surface area contributed by atoms with Crippen molar-refractivity contribution in [2.75, 3.05) is 19.8 Å². The number of rotatable bonds is 4. The van der Waals surface area contributed by atoms with E-state index in [1.807, 2.05) is 6.92 Å². The molecular weight excluding hydrogens is 484 g/mol. The molecule has 0 aromatic carbocycles. The van der Waals surface area contributed by atoms with E-state index in [0.717, 1.165) is 38.5 Å². The number of ether oxygens (including phenoxy) is 4. The highest BCUT2D eigenvalue weighted by Gasteiger charge is 2.76. The smallest absolute Gasteiger partial charge is 0.314 e. The van der Waals surface area contributed by atoms with Gasteiger partial charge in [-0.1, -0.05) is 20.3 Å². The molecule has 37 heavy (non-hydrogen) atoms. The SMILES string of the molecule is CC12CCCC3(C)C1C(OCC14CC(CCC13C)C(CO)(OC1OC(CO)C(O)C(O)C1O)C4)OC2=O. The lowest BCUT2D eigenvalue weighted by atomic mass is 9.40. The Labute approximate surface area is 217 Å². The standard InChI is InChI=1S/C27H42O10/c1-23-6-4-7-24(2)19(23)21(36-22(23)33)34-13-26-9-14(5-8-25(24,26)3)27(11-26,12-29)37-20-18(32)17(31)16(30)15(10-28)35-20/h14-21,28-32H,4-13H2,1-3H3. The molecule has 13 atom stereocenters. The molecule has 0 amide bonds. The van der Waals surface area contributed by atoms with Crippen molar-refractivity contribution < 1.29 is 49.3 Å². The number of aliphatic hydroxyl groups is 5. The Balaban J connectivity index is 1.36. The van der Waals surface area contributed by atoms with Crippen molar-refractivity contribution in [3.8, 4) is 0 Å². The molecule has 3 heterocycles. The van der Waals surface area contributed by atoms with Crippen molar-refractivity contribution in [3.63, 3.8) is 0 Å². The molecule has 13 unspecified atom stereocenters. The molecule has 3 saturated carbocycles. The fourth-order valence-electron chi connectivity index (χ4n) is 9.84. The molecule has 10 heteroatoms. The Morgan fingerprint density at radius 1 is 1.03 bits per heavy atom. The minimum Gasteiger partial charge on any atom is -0.435 e. The Hall–Kier alpha value is -0.850. The van der Waals surface area contributed by atoms with Crippen LogP contribution < -0.4 is 0 Å². The van der Waals surface area contributed by atoms with Gasteiger partial charge in [0.05, 0.1) is 30.8 Å². The van der Waals surface area contributed by atoms with Gasteiger partial charge in [-0.3, -0.25) is 4.79 Å². The molecule has 6 fully saturated rings. The summed E-state index contributed by atoms with van der Waals surface area (Å²) in [5.74, 6) is -0.262. The van der Waals surface area contributed by atoms with Crippen molar-refractivity contribution in [1.82, 2.24) is 0 Å². The average molecular weight is 527 g/mol. The van der Waals surface area contributed by atoms with Gasteiger partial charge < -0.3 is 44.5 Å². The van der Waals surface area contributed by atoms with Crippen LogP contribution in [0, 0.1) is 33.5 Å². The number of hydrogen-bond donors (Lipinski definition) is 5. The normalized spacial score (nSPS) is 58.9. The van der Waals surface area contributed by atoms with Gasteiger partial charge in [0.25, 0.3) is 0 Å². The third kappa shape index (κ3) is 3.18. The van der Waals surface area contributed by atoms with E-state index in [-0.39, 0.29) is 40.7 Å². The molecule has 3 saturated heterocycles. The Morgan fingerprint density at radius 3 is 2.49 bits per heavy atom. The molecule has 0 radical (unpaired) electrons. The Bertz CT molecular complexity index is 944. The van der Waals surface area contributed by atoms with Crippen LogP contribution in [0.15, 0.2) is 0 Å². The van der Waals surface area contributed by atoms with Gasteiger partial charge in [0.1, 0.15) is 24.4 Å². The van der Waals surface area contributed by atoms with Crippen LogP contribution in [-0.2, 0) is 23.7 Å². The first-order valence-corrected chi connectivity index (χ1v) is 13.8. The van der Waals surface area contributed by atoms with Gasteiger partial charge in [0.15, 0.2) is 6.29 Å². The summed E-state index contributed by atoms with van der Waals surface area (Å²) >= 11 is 0. The van der Waals surface area contributed by atoms with Crippen molar-refractivity contribution in [1.29, 1.82) is 0 Å². The van der Waals surface area contributed by atoms with Gasteiger partial charge >= 0.3 is 5.97 Å². The number of esters is 1. The molecule has 6 rings (SSSR count). The maximum atomic E-state index is 13.0. The van der Waals surface area contributed by atoms with Crippen LogP contribution in [0.5, 0.6) is 0 Å². The summed E-state index contributed by atoms with van der Waals surface area (Å²) in [5, 5.41) is 51.6. The molecule has 3 aliphatic heterocycles. The third-order valence-electron chi connectivity index (χ3n) is 12.2. The lowest BCUT2D eigenvalue weighted by Gasteiger charge is -2.62. The van der Waals surface area contributed by atoms with E-state index in [1.165, 1.54) is 0 Å². The van der Waals surface area contributed by atoms with Crippen LogP contribution in [-0.4, -0.2) is 93.9 Å². The number of carbonyl (C=O) groups is 1. The van der Waals surface area contributed by atoms with Gasteiger partial charge in [-0.05, 0) is 62.2 Å². The molecule has 210 valence electrons. The molecule has 10 nitrogen and oxygen atoms in total. The van der Waals surface area contributed by atoms with Crippen molar-refractivity contribution in [3.05, 3.63) is 0 Å². The van der Waals surface area contributed by atoms with Crippen molar-refractivity contribution in [2.24, 2.45) is 33.5 Å². The zero-order valence-corrected chi connectivity index (χ0v) is 22.0. The predicted octanol–water partition coefficient (Wildman–Crippen LogP) is 0.456. The zero-order valence-electron chi connectivity index (χ0n) is 22.0. The maximum Gasteiger partial charge on any atom is 0.314 e. The Morgan fingerprint density at radius 2 is 1.78 bits per heavy atom. The minimum atomic E-state index is -1.55. The van der Waals surface area contributed by atoms with Crippen LogP contribution in [0.25, 0.3) is 0 Å². The molecule has 6 aliphatic rings.